The number of carbonyl (C=O) groups is 1. The highest BCUT2D eigenvalue weighted by Gasteiger charge is 2.37. The van der Waals surface area contributed by atoms with Crippen LogP contribution < -0.4 is 16.4 Å². The Hall–Kier alpha value is -1.77. The van der Waals surface area contributed by atoms with Crippen molar-refractivity contribution in [2.75, 3.05) is 24.1 Å². The van der Waals surface area contributed by atoms with Crippen LogP contribution >= 0.6 is 11.6 Å². The first kappa shape index (κ1) is 15.6. The fourth-order valence-corrected chi connectivity index (χ4v) is 1.77. The van der Waals surface area contributed by atoms with Crippen LogP contribution in [0, 0.1) is 5.92 Å². The highest BCUT2D eigenvalue weighted by molar-refractivity contribution is 6.28. The summed E-state index contributed by atoms with van der Waals surface area (Å²) in [5.74, 6) is -0.169. The van der Waals surface area contributed by atoms with Crippen LogP contribution in [0.15, 0.2) is 0 Å². The molecule has 4 N–H and O–H groups in total. The van der Waals surface area contributed by atoms with Crippen LogP contribution in [-0.2, 0) is 11.0 Å². The summed E-state index contributed by atoms with van der Waals surface area (Å²) < 4.78 is 38.1. The minimum Gasteiger partial charge on any atom is -0.394 e. The van der Waals surface area contributed by atoms with Crippen molar-refractivity contribution in [3.8, 4) is 0 Å². The smallest absolute Gasteiger partial charge is 0.394 e. The summed E-state index contributed by atoms with van der Waals surface area (Å²) in [6.07, 6.45) is -2.59. The standard InChI is InChI=1S/C11H13ClF3N5O/c12-10-19-8(11(13,14)15)7(16)9(20-10)18-4-6(21)17-3-5-1-2-5/h5H,1-4,16H2,(H,17,21)(H,18,19,20). The van der Waals surface area contributed by atoms with E-state index in [0.717, 1.165) is 12.8 Å². The number of nitrogens with two attached hydrogens (primary N) is 1. The second-order valence-electron chi connectivity index (χ2n) is 4.70. The Morgan fingerprint density at radius 2 is 2.05 bits per heavy atom. The molecule has 0 unspecified atom stereocenters. The second kappa shape index (κ2) is 5.92. The Kier molecular flexibility index (Phi) is 4.40. The molecule has 1 aromatic rings. The summed E-state index contributed by atoms with van der Waals surface area (Å²) in [5, 5.41) is 4.49. The molecule has 10 heteroatoms. The number of anilines is 2. The molecule has 1 heterocycles. The molecule has 1 saturated carbocycles. The molecule has 6 nitrogen and oxygen atoms in total. The fraction of sp³-hybridized carbons (Fsp3) is 0.545. The summed E-state index contributed by atoms with van der Waals surface area (Å²) in [5.41, 5.74) is 3.34. The highest BCUT2D eigenvalue weighted by atomic mass is 35.5. The van der Waals surface area contributed by atoms with E-state index in [4.69, 9.17) is 17.3 Å². The summed E-state index contributed by atoms with van der Waals surface area (Å²) in [6.45, 7) is 0.315. The van der Waals surface area contributed by atoms with Gasteiger partial charge in [0, 0.05) is 6.54 Å². The largest absolute Gasteiger partial charge is 0.435 e. The molecule has 1 amide bonds. The van der Waals surface area contributed by atoms with E-state index in [2.05, 4.69) is 20.6 Å². The number of carbonyl (C=O) groups excluding carboxylic acids is 1. The van der Waals surface area contributed by atoms with Crippen molar-refractivity contribution >= 4 is 29.0 Å². The van der Waals surface area contributed by atoms with Crippen LogP contribution in [0.4, 0.5) is 24.7 Å². The Morgan fingerprint density at radius 3 is 2.62 bits per heavy atom. The number of halogens is 4. The van der Waals surface area contributed by atoms with E-state index >= 15 is 0 Å². The third-order valence-electron chi connectivity index (χ3n) is 2.89. The van der Waals surface area contributed by atoms with Crippen molar-refractivity contribution in [3.63, 3.8) is 0 Å². The number of nitrogens with zero attached hydrogens (tertiary/aromatic N) is 2. The summed E-state index contributed by atoms with van der Waals surface area (Å²) >= 11 is 5.44. The number of hydrogen-bond acceptors (Lipinski definition) is 5. The number of nitrogen functional groups attached to an aromatic ring is 1. The van der Waals surface area contributed by atoms with Crippen molar-refractivity contribution in [3.05, 3.63) is 11.0 Å². The molecule has 0 atom stereocenters. The van der Waals surface area contributed by atoms with Gasteiger partial charge in [-0.25, -0.2) is 4.98 Å². The van der Waals surface area contributed by atoms with E-state index in [-0.39, 0.29) is 18.3 Å². The molecule has 116 valence electrons. The highest BCUT2D eigenvalue weighted by Crippen LogP contribution is 2.35. The number of hydrogen-bond donors (Lipinski definition) is 3. The van der Waals surface area contributed by atoms with Crippen LogP contribution in [0.5, 0.6) is 0 Å². The molecule has 1 fully saturated rings. The number of aromatic nitrogens is 2. The van der Waals surface area contributed by atoms with Gasteiger partial charge < -0.3 is 16.4 Å². The van der Waals surface area contributed by atoms with Gasteiger partial charge in [0.15, 0.2) is 11.5 Å². The van der Waals surface area contributed by atoms with Crippen molar-refractivity contribution in [2.24, 2.45) is 5.92 Å². The monoisotopic (exact) mass is 323 g/mol. The molecule has 1 aromatic heterocycles. The van der Waals surface area contributed by atoms with Crippen LogP contribution in [0.2, 0.25) is 5.28 Å². The third kappa shape index (κ3) is 4.35. The Labute approximate surface area is 123 Å². The maximum absolute atomic E-state index is 12.7. The summed E-state index contributed by atoms with van der Waals surface area (Å²) in [6, 6.07) is 0. The zero-order chi connectivity index (χ0) is 15.6. The molecule has 0 saturated heterocycles. The quantitative estimate of drug-likeness (QED) is 0.717. The van der Waals surface area contributed by atoms with Crippen LogP contribution in [0.25, 0.3) is 0 Å². The molecule has 2 rings (SSSR count). The van der Waals surface area contributed by atoms with E-state index < -0.39 is 22.8 Å². The van der Waals surface area contributed by atoms with Crippen molar-refractivity contribution in [1.29, 1.82) is 0 Å². The average Bonchev–Trinajstić information content (AvgIpc) is 3.19. The van der Waals surface area contributed by atoms with Gasteiger partial charge in [-0.05, 0) is 30.4 Å². The fourth-order valence-electron chi connectivity index (χ4n) is 1.60. The lowest BCUT2D eigenvalue weighted by atomic mass is 10.3. The second-order valence-corrected chi connectivity index (χ2v) is 5.04. The molecule has 0 bridgehead atoms. The van der Waals surface area contributed by atoms with Crippen molar-refractivity contribution < 1.29 is 18.0 Å². The molecular weight excluding hydrogens is 311 g/mol. The number of nitrogens with one attached hydrogen (secondary N) is 2. The van der Waals surface area contributed by atoms with E-state index in [0.29, 0.717) is 12.5 Å². The Bertz CT molecular complexity index is 547. The molecule has 0 radical (unpaired) electrons. The van der Waals surface area contributed by atoms with Gasteiger partial charge in [0.2, 0.25) is 11.2 Å². The molecular formula is C11H13ClF3N5O. The number of rotatable bonds is 5. The lowest BCUT2D eigenvalue weighted by molar-refractivity contribution is -0.140. The van der Waals surface area contributed by atoms with Gasteiger partial charge in [0.05, 0.1) is 6.54 Å². The number of alkyl halides is 3. The molecule has 1 aliphatic rings. The van der Waals surface area contributed by atoms with E-state index in [1.807, 2.05) is 0 Å². The van der Waals surface area contributed by atoms with E-state index in [1.165, 1.54) is 0 Å². The molecule has 0 aliphatic heterocycles. The van der Waals surface area contributed by atoms with E-state index in [9.17, 15) is 18.0 Å². The Balaban J connectivity index is 2.01. The lowest BCUT2D eigenvalue weighted by Crippen LogP contribution is -2.32. The molecule has 0 spiro atoms. The molecule has 0 aromatic carbocycles. The lowest BCUT2D eigenvalue weighted by Gasteiger charge is -2.13. The van der Waals surface area contributed by atoms with Gasteiger partial charge in [-0.1, -0.05) is 0 Å². The van der Waals surface area contributed by atoms with Crippen molar-refractivity contribution in [1.82, 2.24) is 15.3 Å². The SMILES string of the molecule is Nc1c(NCC(=O)NCC2CC2)nc(Cl)nc1C(F)(F)F. The summed E-state index contributed by atoms with van der Waals surface area (Å²) in [4.78, 5) is 18.1. The van der Waals surface area contributed by atoms with Gasteiger partial charge in [0.25, 0.3) is 0 Å². The zero-order valence-electron chi connectivity index (χ0n) is 10.8. The van der Waals surface area contributed by atoms with Gasteiger partial charge in [-0.3, -0.25) is 4.79 Å². The Morgan fingerprint density at radius 1 is 1.38 bits per heavy atom. The topological polar surface area (TPSA) is 92.9 Å². The summed E-state index contributed by atoms with van der Waals surface area (Å²) in [7, 11) is 0. The van der Waals surface area contributed by atoms with Crippen LogP contribution in [0.1, 0.15) is 18.5 Å². The average molecular weight is 324 g/mol. The zero-order valence-corrected chi connectivity index (χ0v) is 11.6. The van der Waals surface area contributed by atoms with Gasteiger partial charge in [-0.15, -0.1) is 0 Å². The minimum atomic E-state index is -4.75. The van der Waals surface area contributed by atoms with Gasteiger partial charge >= 0.3 is 6.18 Å². The first-order valence-electron chi connectivity index (χ1n) is 6.18. The van der Waals surface area contributed by atoms with Gasteiger partial charge in [0.1, 0.15) is 5.69 Å². The first-order valence-corrected chi connectivity index (χ1v) is 6.56. The predicted octanol–water partition coefficient (Wildman–Crippen LogP) is 1.67. The first-order chi connectivity index (χ1) is 9.77. The van der Waals surface area contributed by atoms with Crippen molar-refractivity contribution in [2.45, 2.75) is 19.0 Å². The maximum atomic E-state index is 12.7. The van der Waals surface area contributed by atoms with Crippen LogP contribution in [0.3, 0.4) is 0 Å². The van der Waals surface area contributed by atoms with E-state index in [1.54, 1.807) is 0 Å². The molecule has 1 aliphatic carbocycles. The number of amides is 1. The predicted molar refractivity (Wildman–Crippen MR) is 70.7 cm³/mol. The third-order valence-corrected chi connectivity index (χ3v) is 3.06. The molecule has 21 heavy (non-hydrogen) atoms. The van der Waals surface area contributed by atoms with Gasteiger partial charge in [-0.2, -0.15) is 18.2 Å². The van der Waals surface area contributed by atoms with Crippen LogP contribution in [-0.4, -0.2) is 29.0 Å². The normalized spacial score (nSPS) is 14.9. The maximum Gasteiger partial charge on any atom is 0.435 e. The minimum absolute atomic E-state index is 0.248.